The van der Waals surface area contributed by atoms with Crippen molar-refractivity contribution in [2.45, 2.75) is 18.7 Å². The van der Waals surface area contributed by atoms with E-state index in [1.54, 1.807) is 26.0 Å². The summed E-state index contributed by atoms with van der Waals surface area (Å²) in [5.74, 6) is 2.87. The maximum atomic E-state index is 11.3. The van der Waals surface area contributed by atoms with E-state index in [4.69, 9.17) is 21.8 Å². The number of rotatable bonds is 3. The summed E-state index contributed by atoms with van der Waals surface area (Å²) in [4.78, 5) is 0.127. The van der Waals surface area contributed by atoms with Crippen LogP contribution in [-0.2, 0) is 9.05 Å². The molecule has 0 unspecified atom stereocenters. The lowest BCUT2D eigenvalue weighted by molar-refractivity contribution is 0.369. The molecule has 0 amide bonds. The first-order chi connectivity index (χ1) is 7.36. The van der Waals surface area contributed by atoms with Gasteiger partial charge in [-0.1, -0.05) is 5.92 Å². The zero-order chi connectivity index (χ0) is 12.3. The number of hydrogen-bond acceptors (Lipinski definition) is 3. The second-order valence-corrected chi connectivity index (χ2v) is 5.82. The molecule has 0 bridgehead atoms. The van der Waals surface area contributed by atoms with Crippen LogP contribution in [0.25, 0.3) is 0 Å². The minimum Gasteiger partial charge on any atom is -0.481 e. The van der Waals surface area contributed by atoms with Gasteiger partial charge in [-0.05, 0) is 37.1 Å². The SMILES string of the molecule is C#CCOc1cc(C)c(S(=O)(=O)Cl)c(C)c1. The maximum absolute atomic E-state index is 11.3. The standard InChI is InChI=1S/C11H11ClO3S/c1-4-5-15-10-6-8(2)11(9(3)7-10)16(12,13)14/h1,6-7H,5H2,2-3H3. The van der Waals surface area contributed by atoms with E-state index in [-0.39, 0.29) is 11.5 Å². The number of benzene rings is 1. The molecule has 0 saturated carbocycles. The molecule has 1 aromatic carbocycles. The number of terminal acetylenes is 1. The normalized spacial score (nSPS) is 10.9. The molecule has 0 radical (unpaired) electrons. The highest BCUT2D eigenvalue weighted by Crippen LogP contribution is 2.28. The molecule has 1 rings (SSSR count). The first-order valence-corrected chi connectivity index (χ1v) is 6.79. The lowest BCUT2D eigenvalue weighted by Crippen LogP contribution is -2.01. The van der Waals surface area contributed by atoms with E-state index < -0.39 is 9.05 Å². The fourth-order valence-corrected chi connectivity index (χ4v) is 3.12. The fraction of sp³-hybridized carbons (Fsp3) is 0.273. The van der Waals surface area contributed by atoms with Gasteiger partial charge in [0.1, 0.15) is 12.4 Å². The molecule has 0 aliphatic carbocycles. The van der Waals surface area contributed by atoms with Gasteiger partial charge < -0.3 is 4.74 Å². The second kappa shape index (κ2) is 4.77. The first-order valence-electron chi connectivity index (χ1n) is 4.48. The largest absolute Gasteiger partial charge is 0.481 e. The average molecular weight is 259 g/mol. The van der Waals surface area contributed by atoms with Crippen molar-refractivity contribution < 1.29 is 13.2 Å². The molecular weight excluding hydrogens is 248 g/mol. The summed E-state index contributed by atoms with van der Waals surface area (Å²) in [7, 11) is 1.60. The Morgan fingerprint density at radius 2 is 1.88 bits per heavy atom. The summed E-state index contributed by atoms with van der Waals surface area (Å²) >= 11 is 0. The van der Waals surface area contributed by atoms with E-state index in [1.165, 1.54) is 0 Å². The maximum Gasteiger partial charge on any atom is 0.261 e. The molecule has 0 spiro atoms. The summed E-state index contributed by atoms with van der Waals surface area (Å²) < 4.78 is 27.8. The minimum absolute atomic E-state index is 0.127. The van der Waals surface area contributed by atoms with Crippen molar-refractivity contribution in [3.63, 3.8) is 0 Å². The zero-order valence-electron chi connectivity index (χ0n) is 8.95. The predicted molar refractivity (Wildman–Crippen MR) is 63.3 cm³/mol. The Labute approximate surface area is 99.8 Å². The Morgan fingerprint density at radius 3 is 2.25 bits per heavy atom. The van der Waals surface area contributed by atoms with Gasteiger partial charge >= 0.3 is 0 Å². The molecule has 0 aromatic heterocycles. The van der Waals surface area contributed by atoms with Crippen LogP contribution in [0.15, 0.2) is 17.0 Å². The monoisotopic (exact) mass is 258 g/mol. The summed E-state index contributed by atoms with van der Waals surface area (Å²) in [6, 6.07) is 3.19. The Hall–Kier alpha value is -1.18. The van der Waals surface area contributed by atoms with Crippen LogP contribution in [0, 0.1) is 26.2 Å². The molecule has 0 atom stereocenters. The predicted octanol–water partition coefficient (Wildman–Crippen LogP) is 2.24. The van der Waals surface area contributed by atoms with Crippen LogP contribution in [0.4, 0.5) is 0 Å². The van der Waals surface area contributed by atoms with Gasteiger partial charge in [-0.25, -0.2) is 8.42 Å². The van der Waals surface area contributed by atoms with Crippen LogP contribution in [0.1, 0.15) is 11.1 Å². The third-order valence-corrected chi connectivity index (χ3v) is 3.59. The highest BCUT2D eigenvalue weighted by Gasteiger charge is 2.17. The Morgan fingerprint density at radius 1 is 1.38 bits per heavy atom. The van der Waals surface area contributed by atoms with Crippen molar-refractivity contribution in [1.29, 1.82) is 0 Å². The average Bonchev–Trinajstić information content (AvgIpc) is 2.11. The number of ether oxygens (including phenoxy) is 1. The Bertz CT molecular complexity index is 518. The number of hydrogen-bond donors (Lipinski definition) is 0. The van der Waals surface area contributed by atoms with Crippen molar-refractivity contribution >= 4 is 19.7 Å². The van der Waals surface area contributed by atoms with E-state index >= 15 is 0 Å². The van der Waals surface area contributed by atoms with Crippen LogP contribution < -0.4 is 4.74 Å². The van der Waals surface area contributed by atoms with Crippen molar-refractivity contribution in [3.05, 3.63) is 23.3 Å². The van der Waals surface area contributed by atoms with Gasteiger partial charge in [0.15, 0.2) is 0 Å². The third kappa shape index (κ3) is 2.91. The zero-order valence-corrected chi connectivity index (χ0v) is 10.5. The van der Waals surface area contributed by atoms with Crippen molar-refractivity contribution in [1.82, 2.24) is 0 Å². The van der Waals surface area contributed by atoms with E-state index in [2.05, 4.69) is 5.92 Å². The van der Waals surface area contributed by atoms with Gasteiger partial charge in [0.2, 0.25) is 0 Å². The highest BCUT2D eigenvalue weighted by atomic mass is 35.7. The summed E-state index contributed by atoms with van der Waals surface area (Å²) in [5, 5.41) is 0. The molecule has 0 fully saturated rings. The molecule has 1 aromatic rings. The van der Waals surface area contributed by atoms with Crippen molar-refractivity contribution in [3.8, 4) is 18.1 Å². The van der Waals surface area contributed by atoms with Crippen molar-refractivity contribution in [2.24, 2.45) is 0 Å². The van der Waals surface area contributed by atoms with Crippen LogP contribution in [-0.4, -0.2) is 15.0 Å². The van der Waals surface area contributed by atoms with Crippen LogP contribution in [0.5, 0.6) is 5.75 Å². The van der Waals surface area contributed by atoms with Gasteiger partial charge in [-0.3, -0.25) is 0 Å². The number of halogens is 1. The van der Waals surface area contributed by atoms with Crippen LogP contribution in [0.3, 0.4) is 0 Å². The quantitative estimate of drug-likeness (QED) is 0.617. The lowest BCUT2D eigenvalue weighted by Gasteiger charge is -2.09. The van der Waals surface area contributed by atoms with Crippen LogP contribution >= 0.6 is 10.7 Å². The summed E-state index contributed by atoms with van der Waals surface area (Å²) in [6.07, 6.45) is 5.06. The Balaban J connectivity index is 3.25. The second-order valence-electron chi connectivity index (χ2n) is 3.32. The van der Waals surface area contributed by atoms with E-state index in [0.717, 1.165) is 0 Å². The molecule has 5 heteroatoms. The molecule has 3 nitrogen and oxygen atoms in total. The van der Waals surface area contributed by atoms with Gasteiger partial charge in [-0.2, -0.15) is 0 Å². The van der Waals surface area contributed by atoms with Gasteiger partial charge in [0, 0.05) is 10.7 Å². The van der Waals surface area contributed by atoms with Gasteiger partial charge in [-0.15, -0.1) is 6.42 Å². The summed E-state index contributed by atoms with van der Waals surface area (Å²) in [6.45, 7) is 3.46. The molecule has 0 heterocycles. The van der Waals surface area contributed by atoms with E-state index in [1.807, 2.05) is 0 Å². The summed E-state index contributed by atoms with van der Waals surface area (Å²) in [5.41, 5.74) is 1.09. The molecule has 0 aliphatic rings. The molecule has 0 aliphatic heterocycles. The van der Waals surface area contributed by atoms with E-state index in [0.29, 0.717) is 16.9 Å². The van der Waals surface area contributed by atoms with Crippen LogP contribution in [0.2, 0.25) is 0 Å². The fourth-order valence-electron chi connectivity index (χ4n) is 1.50. The van der Waals surface area contributed by atoms with E-state index in [9.17, 15) is 8.42 Å². The third-order valence-electron chi connectivity index (χ3n) is 2.00. The van der Waals surface area contributed by atoms with Gasteiger partial charge in [0.25, 0.3) is 9.05 Å². The molecule has 16 heavy (non-hydrogen) atoms. The smallest absolute Gasteiger partial charge is 0.261 e. The van der Waals surface area contributed by atoms with Gasteiger partial charge in [0.05, 0.1) is 4.90 Å². The highest BCUT2D eigenvalue weighted by molar-refractivity contribution is 8.13. The topological polar surface area (TPSA) is 43.4 Å². The lowest BCUT2D eigenvalue weighted by atomic mass is 10.1. The molecular formula is C11H11ClO3S. The van der Waals surface area contributed by atoms with Crippen molar-refractivity contribution in [2.75, 3.05) is 6.61 Å². The molecule has 86 valence electrons. The minimum atomic E-state index is -3.73. The molecule has 0 N–H and O–H groups in total. The molecule has 0 saturated heterocycles. The first kappa shape index (κ1) is 12.9. The number of aryl methyl sites for hydroxylation is 2. The Kier molecular flexibility index (Phi) is 3.84.